The highest BCUT2D eigenvalue weighted by molar-refractivity contribution is 8.00. The van der Waals surface area contributed by atoms with E-state index in [0.29, 0.717) is 0 Å². The normalized spacial score (nSPS) is 13.5. The van der Waals surface area contributed by atoms with E-state index >= 15 is 0 Å². The van der Waals surface area contributed by atoms with Gasteiger partial charge in [0.15, 0.2) is 6.20 Å². The zero-order chi connectivity index (χ0) is 26.3. The molecule has 37 heavy (non-hydrogen) atoms. The van der Waals surface area contributed by atoms with Gasteiger partial charge in [0, 0.05) is 50.6 Å². The second-order valence-electron chi connectivity index (χ2n) is 13.1. The Kier molecular flexibility index (Phi) is 5.44. The molecule has 188 valence electrons. The average Bonchev–Trinajstić information content (AvgIpc) is 2.81. The molecule has 0 saturated carbocycles. The first-order valence-corrected chi connectivity index (χ1v) is 14.0. The number of nitrogens with zero attached hydrogens (tertiary/aromatic N) is 3. The van der Waals surface area contributed by atoms with Crippen LogP contribution in [-0.2, 0) is 19.9 Å². The van der Waals surface area contributed by atoms with E-state index in [0.717, 1.165) is 18.4 Å². The monoisotopic (exact) mass is 506 g/mol. The summed E-state index contributed by atoms with van der Waals surface area (Å²) >= 11 is 1.93. The van der Waals surface area contributed by atoms with Gasteiger partial charge in [0.2, 0.25) is 5.69 Å². The molecule has 1 aliphatic rings. The number of hydrogen-bond acceptors (Lipinski definition) is 3. The molecule has 0 N–H and O–H groups in total. The number of rotatable bonds is 2. The lowest BCUT2D eigenvalue weighted by Crippen LogP contribution is -2.32. The van der Waals surface area contributed by atoms with Crippen molar-refractivity contribution < 1.29 is 4.57 Å². The summed E-state index contributed by atoms with van der Waals surface area (Å²) in [4.78, 5) is 12.3. The third kappa shape index (κ3) is 4.01. The third-order valence-corrected chi connectivity index (χ3v) is 8.63. The molecule has 3 aromatic heterocycles. The minimum atomic E-state index is 0.150. The smallest absolute Gasteiger partial charge is 0.222 e. The van der Waals surface area contributed by atoms with Gasteiger partial charge >= 0.3 is 0 Å². The van der Waals surface area contributed by atoms with E-state index in [1.54, 1.807) is 0 Å². The Morgan fingerprint density at radius 2 is 1.68 bits per heavy atom. The maximum Gasteiger partial charge on any atom is 0.222 e. The largest absolute Gasteiger partial charge is 0.264 e. The van der Waals surface area contributed by atoms with E-state index in [1.807, 2.05) is 24.2 Å². The van der Waals surface area contributed by atoms with E-state index in [2.05, 4.69) is 102 Å². The molecular formula is C33H36N3S+. The summed E-state index contributed by atoms with van der Waals surface area (Å²) in [5.74, 6) is 0. The fraction of sp³-hybridized carbons (Fsp3) is 0.364. The molecular weight excluding hydrogens is 470 g/mol. The summed E-state index contributed by atoms with van der Waals surface area (Å²) in [6.45, 7) is 16.2. The second kappa shape index (κ2) is 8.26. The molecule has 0 bridgehead atoms. The van der Waals surface area contributed by atoms with Crippen molar-refractivity contribution >= 4 is 44.2 Å². The Balaban J connectivity index is 1.77. The summed E-state index contributed by atoms with van der Waals surface area (Å²) < 4.78 is 2.33. The molecule has 2 aromatic carbocycles. The number of pyridine rings is 3. The lowest BCUT2D eigenvalue weighted by molar-refractivity contribution is -0.659. The van der Waals surface area contributed by atoms with Gasteiger partial charge in [-0.3, -0.25) is 9.97 Å². The minimum absolute atomic E-state index is 0.150. The van der Waals surface area contributed by atoms with E-state index < -0.39 is 0 Å². The quantitative estimate of drug-likeness (QED) is 0.174. The van der Waals surface area contributed by atoms with Crippen molar-refractivity contribution in [2.75, 3.05) is 0 Å². The molecule has 0 radical (unpaired) electrons. The van der Waals surface area contributed by atoms with Crippen LogP contribution in [0, 0.1) is 17.8 Å². The van der Waals surface area contributed by atoms with Crippen LogP contribution >= 0.6 is 11.8 Å². The van der Waals surface area contributed by atoms with Crippen LogP contribution in [-0.4, -0.2) is 9.97 Å². The Morgan fingerprint density at radius 3 is 2.41 bits per heavy atom. The van der Waals surface area contributed by atoms with E-state index in [9.17, 15) is 0 Å². The number of fused-ring (bicyclic) bond motifs is 5. The van der Waals surface area contributed by atoms with Crippen LogP contribution in [0.5, 0.6) is 0 Å². The van der Waals surface area contributed by atoms with E-state index in [4.69, 9.17) is 4.98 Å². The Morgan fingerprint density at radius 1 is 0.919 bits per heavy atom. The average molecular weight is 507 g/mol. The molecule has 1 aliphatic heterocycles. The third-order valence-electron chi connectivity index (χ3n) is 7.43. The molecule has 0 atom stereocenters. The van der Waals surface area contributed by atoms with Crippen LogP contribution in [0.15, 0.2) is 58.8 Å². The highest BCUT2D eigenvalue weighted by Gasteiger charge is 2.34. The van der Waals surface area contributed by atoms with Crippen molar-refractivity contribution in [2.24, 2.45) is 17.9 Å². The van der Waals surface area contributed by atoms with Crippen molar-refractivity contribution in [1.82, 2.24) is 9.97 Å². The minimum Gasteiger partial charge on any atom is -0.264 e. The van der Waals surface area contributed by atoms with E-state index in [-0.39, 0.29) is 10.8 Å². The van der Waals surface area contributed by atoms with Gasteiger partial charge in [-0.2, -0.15) is 0 Å². The molecule has 0 aliphatic carbocycles. The van der Waals surface area contributed by atoms with Crippen LogP contribution in [0.2, 0.25) is 0 Å². The fourth-order valence-electron chi connectivity index (χ4n) is 6.08. The summed E-state index contributed by atoms with van der Waals surface area (Å²) in [6, 6.07) is 9.02. The standard InChI is InChI=1S/C33H36N3S/c1-19-22-10-9-12-35-29(22)24(16-33(5,6)7)31-26(19)30-28-23(11-13-36(30)8)27-20(14-25(28)37-31)17-34-18-21(27)15-32(2,3)4/h9-14,17-18H,15-16H2,1-8H3/q+1. The van der Waals surface area contributed by atoms with Gasteiger partial charge in [0.25, 0.3) is 0 Å². The van der Waals surface area contributed by atoms with Crippen molar-refractivity contribution in [3.8, 4) is 11.3 Å². The molecule has 5 aromatic rings. The molecule has 0 amide bonds. The van der Waals surface area contributed by atoms with Crippen LogP contribution < -0.4 is 4.57 Å². The number of benzene rings is 2. The molecule has 0 saturated heterocycles. The van der Waals surface area contributed by atoms with Crippen LogP contribution in [0.25, 0.3) is 43.7 Å². The van der Waals surface area contributed by atoms with Crippen LogP contribution in [0.1, 0.15) is 58.2 Å². The lowest BCUT2D eigenvalue weighted by atomic mass is 9.83. The van der Waals surface area contributed by atoms with Gasteiger partial charge in [-0.1, -0.05) is 59.4 Å². The second-order valence-corrected chi connectivity index (χ2v) is 14.2. The highest BCUT2D eigenvalue weighted by atomic mass is 32.2. The van der Waals surface area contributed by atoms with E-state index in [1.165, 1.54) is 64.7 Å². The van der Waals surface area contributed by atoms with Crippen molar-refractivity contribution in [3.05, 3.63) is 65.7 Å². The number of hydrogen-bond donors (Lipinski definition) is 0. The van der Waals surface area contributed by atoms with Crippen molar-refractivity contribution in [3.63, 3.8) is 0 Å². The summed E-state index contributed by atoms with van der Waals surface area (Å²) in [6.07, 6.45) is 10.3. The molecule has 4 heterocycles. The molecule has 3 nitrogen and oxygen atoms in total. The number of aromatic nitrogens is 3. The SMILES string of the molecule is Cc1c2c(c(CC(C)(C)C)c3ncccc13)Sc1cc3cncc(CC(C)(C)C)c3c3cc[n+](C)c-2c13. The van der Waals surface area contributed by atoms with Gasteiger partial charge in [-0.05, 0) is 64.8 Å². The fourth-order valence-corrected chi connectivity index (χ4v) is 7.44. The maximum atomic E-state index is 4.93. The first-order valence-electron chi connectivity index (χ1n) is 13.2. The summed E-state index contributed by atoms with van der Waals surface area (Å²) in [5.41, 5.74) is 8.20. The first kappa shape index (κ1) is 24.4. The highest BCUT2D eigenvalue weighted by Crippen LogP contribution is 2.53. The van der Waals surface area contributed by atoms with Crippen molar-refractivity contribution in [2.45, 2.75) is 71.1 Å². The molecule has 0 spiro atoms. The molecule has 6 rings (SSSR count). The Labute approximate surface area is 224 Å². The topological polar surface area (TPSA) is 29.7 Å². The maximum absolute atomic E-state index is 4.93. The van der Waals surface area contributed by atoms with Crippen LogP contribution in [0.3, 0.4) is 0 Å². The Bertz CT molecular complexity index is 1740. The van der Waals surface area contributed by atoms with Crippen LogP contribution in [0.4, 0.5) is 0 Å². The number of aryl methyl sites for hydroxylation is 2. The van der Waals surface area contributed by atoms with Gasteiger partial charge < -0.3 is 0 Å². The van der Waals surface area contributed by atoms with Gasteiger partial charge in [0.05, 0.1) is 16.5 Å². The predicted octanol–water partition coefficient (Wildman–Crippen LogP) is 8.38. The van der Waals surface area contributed by atoms with Crippen molar-refractivity contribution in [1.29, 1.82) is 0 Å². The zero-order valence-electron chi connectivity index (χ0n) is 23.3. The van der Waals surface area contributed by atoms with Gasteiger partial charge in [0.1, 0.15) is 7.05 Å². The molecule has 4 heteroatoms. The van der Waals surface area contributed by atoms with Gasteiger partial charge in [-0.25, -0.2) is 4.57 Å². The zero-order valence-corrected chi connectivity index (χ0v) is 24.1. The summed E-state index contributed by atoms with van der Waals surface area (Å²) in [7, 11) is 2.20. The van der Waals surface area contributed by atoms with Gasteiger partial charge in [-0.15, -0.1) is 0 Å². The first-order chi connectivity index (χ1) is 17.4. The lowest BCUT2D eigenvalue weighted by Gasteiger charge is -2.28. The predicted molar refractivity (Wildman–Crippen MR) is 156 cm³/mol. The Hall–Kier alpha value is -2.98. The summed E-state index contributed by atoms with van der Waals surface area (Å²) in [5, 5.41) is 6.55. The molecule has 0 unspecified atom stereocenters. The molecule has 0 fully saturated rings.